The molecule has 4 nitrogen and oxygen atoms in total. The van der Waals surface area contributed by atoms with Gasteiger partial charge in [0.25, 0.3) is 0 Å². The monoisotopic (exact) mass is 317 g/mol. The highest BCUT2D eigenvalue weighted by atomic mass is 16.6. The van der Waals surface area contributed by atoms with E-state index >= 15 is 0 Å². The third-order valence-electron chi connectivity index (χ3n) is 4.88. The first-order valence-electron chi connectivity index (χ1n) is 8.82. The Balaban J connectivity index is 1.41. The lowest BCUT2D eigenvalue weighted by Crippen LogP contribution is -2.40. The van der Waals surface area contributed by atoms with Crippen molar-refractivity contribution in [3.05, 3.63) is 24.3 Å². The molecule has 126 valence electrons. The first-order valence-corrected chi connectivity index (χ1v) is 8.82. The number of ketones is 1. The molecule has 0 aromatic heterocycles. The number of hydrogen-bond acceptors (Lipinski definition) is 4. The molecular weight excluding hydrogens is 290 g/mol. The topological polar surface area (TPSA) is 38.8 Å². The second-order valence-corrected chi connectivity index (χ2v) is 6.81. The van der Waals surface area contributed by atoms with Crippen LogP contribution < -0.4 is 9.47 Å². The molecule has 0 amide bonds. The standard InChI is InChI=1S/C19H27NO3/c1-20(12-11-17(21)15-7-3-2-4-8-15)13-16-14-22-18-9-5-6-10-19(18)23-16/h5-6,9-10,15-16H,2-4,7-8,11-14H2,1H3. The van der Waals surface area contributed by atoms with Gasteiger partial charge in [-0.15, -0.1) is 0 Å². The summed E-state index contributed by atoms with van der Waals surface area (Å²) >= 11 is 0. The highest BCUT2D eigenvalue weighted by molar-refractivity contribution is 5.81. The van der Waals surface area contributed by atoms with Crippen LogP contribution in [-0.2, 0) is 4.79 Å². The molecule has 1 aromatic carbocycles. The molecule has 1 saturated carbocycles. The number of rotatable bonds is 6. The molecule has 1 aliphatic heterocycles. The summed E-state index contributed by atoms with van der Waals surface area (Å²) in [6.07, 6.45) is 6.62. The van der Waals surface area contributed by atoms with Gasteiger partial charge in [0.2, 0.25) is 0 Å². The smallest absolute Gasteiger partial charge is 0.161 e. The molecule has 0 saturated heterocycles. The van der Waals surface area contributed by atoms with Crippen LogP contribution in [-0.4, -0.2) is 43.5 Å². The molecule has 23 heavy (non-hydrogen) atoms. The van der Waals surface area contributed by atoms with Crippen molar-refractivity contribution in [2.24, 2.45) is 5.92 Å². The lowest BCUT2D eigenvalue weighted by atomic mass is 9.85. The lowest BCUT2D eigenvalue weighted by Gasteiger charge is -2.29. The van der Waals surface area contributed by atoms with Gasteiger partial charge in [0, 0.05) is 25.4 Å². The third kappa shape index (κ3) is 4.47. The fraction of sp³-hybridized carbons (Fsp3) is 0.632. The second-order valence-electron chi connectivity index (χ2n) is 6.81. The Hall–Kier alpha value is -1.55. The number of ether oxygens (including phenoxy) is 2. The van der Waals surface area contributed by atoms with Crippen LogP contribution in [0.1, 0.15) is 38.5 Å². The van der Waals surface area contributed by atoms with Crippen LogP contribution in [0.2, 0.25) is 0 Å². The summed E-state index contributed by atoms with van der Waals surface area (Å²) < 4.78 is 11.7. The molecule has 1 aromatic rings. The molecule has 1 unspecified atom stereocenters. The number of fused-ring (bicyclic) bond motifs is 1. The van der Waals surface area contributed by atoms with Crippen LogP contribution in [0.15, 0.2) is 24.3 Å². The van der Waals surface area contributed by atoms with Gasteiger partial charge in [-0.1, -0.05) is 31.4 Å². The summed E-state index contributed by atoms with van der Waals surface area (Å²) in [5.74, 6) is 2.40. The van der Waals surface area contributed by atoms with E-state index in [9.17, 15) is 4.79 Å². The maximum Gasteiger partial charge on any atom is 0.161 e. The second kappa shape index (κ2) is 7.82. The van der Waals surface area contributed by atoms with Crippen LogP contribution in [0, 0.1) is 5.92 Å². The van der Waals surface area contributed by atoms with E-state index in [0.29, 0.717) is 24.7 Å². The van der Waals surface area contributed by atoms with Crippen LogP contribution in [0.3, 0.4) is 0 Å². The van der Waals surface area contributed by atoms with Crippen molar-refractivity contribution in [3.8, 4) is 11.5 Å². The summed E-state index contributed by atoms with van der Waals surface area (Å²) in [6, 6.07) is 7.77. The number of nitrogens with zero attached hydrogens (tertiary/aromatic N) is 1. The van der Waals surface area contributed by atoms with Crippen LogP contribution in [0.4, 0.5) is 0 Å². The fourth-order valence-corrected chi connectivity index (χ4v) is 3.52. The predicted octanol–water partition coefficient (Wildman–Crippen LogP) is 3.30. The van der Waals surface area contributed by atoms with Crippen molar-refractivity contribution >= 4 is 5.78 Å². The number of carbonyl (C=O) groups excluding carboxylic acids is 1. The SMILES string of the molecule is CN(CCC(=O)C1CCCCC1)CC1COc2ccccc2O1. The van der Waals surface area contributed by atoms with Gasteiger partial charge in [0.1, 0.15) is 18.5 Å². The Morgan fingerprint density at radius 1 is 1.17 bits per heavy atom. The molecule has 4 heteroatoms. The third-order valence-corrected chi connectivity index (χ3v) is 4.88. The van der Waals surface area contributed by atoms with Gasteiger partial charge in [-0.2, -0.15) is 0 Å². The Bertz CT molecular complexity index is 525. The number of benzene rings is 1. The van der Waals surface area contributed by atoms with Gasteiger partial charge < -0.3 is 14.4 Å². The zero-order valence-corrected chi connectivity index (χ0v) is 14.0. The van der Waals surface area contributed by atoms with Crippen molar-refractivity contribution in [2.45, 2.75) is 44.6 Å². The van der Waals surface area contributed by atoms with Crippen molar-refractivity contribution in [3.63, 3.8) is 0 Å². The summed E-state index contributed by atoms with van der Waals surface area (Å²) in [5, 5.41) is 0. The predicted molar refractivity (Wildman–Crippen MR) is 90.0 cm³/mol. The highest BCUT2D eigenvalue weighted by Gasteiger charge is 2.24. The number of Topliss-reactive ketones (excluding diaryl/α,β-unsaturated/α-hetero) is 1. The Labute approximate surface area is 138 Å². The molecule has 1 fully saturated rings. The average molecular weight is 317 g/mol. The van der Waals surface area contributed by atoms with Crippen molar-refractivity contribution in [1.29, 1.82) is 0 Å². The van der Waals surface area contributed by atoms with Crippen LogP contribution >= 0.6 is 0 Å². The zero-order chi connectivity index (χ0) is 16.1. The van der Waals surface area contributed by atoms with Gasteiger partial charge in [0.05, 0.1) is 0 Å². The Morgan fingerprint density at radius 2 is 1.91 bits per heavy atom. The lowest BCUT2D eigenvalue weighted by molar-refractivity contribution is -0.124. The molecule has 0 N–H and O–H groups in total. The van der Waals surface area contributed by atoms with E-state index in [1.165, 1.54) is 19.3 Å². The molecule has 0 radical (unpaired) electrons. The van der Waals surface area contributed by atoms with Crippen molar-refractivity contribution in [2.75, 3.05) is 26.7 Å². The van der Waals surface area contributed by atoms with E-state index < -0.39 is 0 Å². The first-order chi connectivity index (χ1) is 11.2. The number of likely N-dealkylation sites (N-methyl/N-ethyl adjacent to an activating group) is 1. The van der Waals surface area contributed by atoms with E-state index in [1.54, 1.807) is 0 Å². The summed E-state index contributed by atoms with van der Waals surface area (Å²) in [7, 11) is 2.05. The summed E-state index contributed by atoms with van der Waals surface area (Å²) in [5.41, 5.74) is 0. The van der Waals surface area contributed by atoms with E-state index in [2.05, 4.69) is 11.9 Å². The maximum atomic E-state index is 12.3. The first kappa shape index (κ1) is 16.3. The van der Waals surface area contributed by atoms with Crippen molar-refractivity contribution in [1.82, 2.24) is 4.90 Å². The van der Waals surface area contributed by atoms with E-state index in [0.717, 1.165) is 37.4 Å². The molecular formula is C19H27NO3. The van der Waals surface area contributed by atoms with Crippen LogP contribution in [0.25, 0.3) is 0 Å². The van der Waals surface area contributed by atoms with E-state index in [4.69, 9.17) is 9.47 Å². The van der Waals surface area contributed by atoms with Crippen molar-refractivity contribution < 1.29 is 14.3 Å². The number of para-hydroxylation sites is 2. The van der Waals surface area contributed by atoms with Gasteiger partial charge in [-0.3, -0.25) is 4.79 Å². The summed E-state index contributed by atoms with van der Waals surface area (Å²) in [4.78, 5) is 14.5. The minimum Gasteiger partial charge on any atom is -0.486 e. The van der Waals surface area contributed by atoms with E-state index in [1.807, 2.05) is 24.3 Å². The molecule has 3 rings (SSSR count). The van der Waals surface area contributed by atoms with Gasteiger partial charge in [0.15, 0.2) is 11.5 Å². The number of carbonyl (C=O) groups is 1. The normalized spacial score (nSPS) is 21.4. The van der Waals surface area contributed by atoms with Crippen LogP contribution in [0.5, 0.6) is 11.5 Å². The van der Waals surface area contributed by atoms with E-state index in [-0.39, 0.29) is 6.10 Å². The molecule has 1 aliphatic carbocycles. The molecule has 1 atom stereocenters. The Morgan fingerprint density at radius 3 is 2.70 bits per heavy atom. The highest BCUT2D eigenvalue weighted by Crippen LogP contribution is 2.31. The Kier molecular flexibility index (Phi) is 5.55. The fourth-order valence-electron chi connectivity index (χ4n) is 3.52. The van der Waals surface area contributed by atoms with Gasteiger partial charge >= 0.3 is 0 Å². The molecule has 0 spiro atoms. The molecule has 2 aliphatic rings. The molecule has 0 bridgehead atoms. The maximum absolute atomic E-state index is 12.3. The molecule has 1 heterocycles. The zero-order valence-electron chi connectivity index (χ0n) is 14.0. The summed E-state index contributed by atoms with van der Waals surface area (Å²) in [6.45, 7) is 2.15. The average Bonchev–Trinajstić information content (AvgIpc) is 2.60. The van der Waals surface area contributed by atoms with Gasteiger partial charge in [-0.05, 0) is 32.0 Å². The van der Waals surface area contributed by atoms with Gasteiger partial charge in [-0.25, -0.2) is 0 Å². The quantitative estimate of drug-likeness (QED) is 0.807. The largest absolute Gasteiger partial charge is 0.486 e. The minimum atomic E-state index is 0.0275. The minimum absolute atomic E-state index is 0.0275. The number of hydrogen-bond donors (Lipinski definition) is 0.